The van der Waals surface area contributed by atoms with Crippen LogP contribution in [-0.4, -0.2) is 35.0 Å². The Morgan fingerprint density at radius 2 is 2.26 bits per heavy atom. The highest BCUT2D eigenvalue weighted by molar-refractivity contribution is 5.90. The van der Waals surface area contributed by atoms with Gasteiger partial charge in [-0.1, -0.05) is 18.2 Å². The van der Waals surface area contributed by atoms with Gasteiger partial charge in [0.05, 0.1) is 29.5 Å². The molecule has 3 rings (SSSR count). The van der Waals surface area contributed by atoms with E-state index in [1.807, 2.05) is 31.2 Å². The number of nitrogens with zero attached hydrogens (tertiary/aromatic N) is 2. The molecule has 1 aliphatic rings. The molecule has 0 amide bonds. The summed E-state index contributed by atoms with van der Waals surface area (Å²) >= 11 is 0. The molecular weight excluding hydrogens is 240 g/mol. The number of aromatic nitrogens is 2. The maximum atomic E-state index is 6.06. The Morgan fingerprint density at radius 1 is 1.42 bits per heavy atom. The van der Waals surface area contributed by atoms with E-state index in [-0.39, 0.29) is 18.2 Å². The van der Waals surface area contributed by atoms with Crippen LogP contribution in [0.1, 0.15) is 13.3 Å². The first kappa shape index (κ1) is 12.3. The van der Waals surface area contributed by atoms with Gasteiger partial charge in [0, 0.05) is 18.0 Å². The molecule has 19 heavy (non-hydrogen) atoms. The van der Waals surface area contributed by atoms with Crippen molar-refractivity contribution in [2.24, 2.45) is 5.73 Å². The minimum Gasteiger partial charge on any atom is -0.376 e. The van der Waals surface area contributed by atoms with Crippen molar-refractivity contribution in [1.29, 1.82) is 0 Å². The lowest BCUT2D eigenvalue weighted by atomic mass is 9.83. The van der Waals surface area contributed by atoms with Crippen LogP contribution in [0.4, 0.5) is 5.69 Å². The molecule has 5 heteroatoms. The predicted molar refractivity (Wildman–Crippen MR) is 75.0 cm³/mol. The van der Waals surface area contributed by atoms with Crippen molar-refractivity contribution >= 4 is 16.6 Å². The van der Waals surface area contributed by atoms with Crippen molar-refractivity contribution < 1.29 is 4.74 Å². The van der Waals surface area contributed by atoms with E-state index in [0.29, 0.717) is 6.61 Å². The van der Waals surface area contributed by atoms with Crippen LogP contribution in [0.15, 0.2) is 30.5 Å². The molecule has 3 atom stereocenters. The molecule has 3 unspecified atom stereocenters. The highest BCUT2D eigenvalue weighted by Gasteiger charge is 2.39. The van der Waals surface area contributed by atoms with Gasteiger partial charge in [0.1, 0.15) is 0 Å². The van der Waals surface area contributed by atoms with E-state index in [9.17, 15) is 0 Å². The van der Waals surface area contributed by atoms with Crippen LogP contribution < -0.4 is 11.1 Å². The molecule has 1 aromatic carbocycles. The number of ether oxygens (including phenoxy) is 1. The number of nitrogens with two attached hydrogens (primary N) is 1. The van der Waals surface area contributed by atoms with Crippen molar-refractivity contribution in [3.05, 3.63) is 30.5 Å². The fourth-order valence-corrected chi connectivity index (χ4v) is 2.53. The smallest absolute Gasteiger partial charge is 0.0950 e. The third-order valence-corrected chi connectivity index (χ3v) is 3.62. The zero-order valence-corrected chi connectivity index (χ0v) is 10.9. The van der Waals surface area contributed by atoms with Gasteiger partial charge in [-0.3, -0.25) is 0 Å². The largest absolute Gasteiger partial charge is 0.376 e. The number of nitrogens with one attached hydrogen (secondary N) is 1. The second kappa shape index (κ2) is 5.11. The molecule has 0 radical (unpaired) electrons. The van der Waals surface area contributed by atoms with Gasteiger partial charge in [0.2, 0.25) is 0 Å². The van der Waals surface area contributed by atoms with Crippen molar-refractivity contribution in [2.45, 2.75) is 31.5 Å². The number of hydrogen-bond donors (Lipinski definition) is 2. The molecule has 1 aromatic heterocycles. The highest BCUT2D eigenvalue weighted by atomic mass is 16.5. The van der Waals surface area contributed by atoms with Crippen LogP contribution in [0.2, 0.25) is 0 Å². The Kier molecular flexibility index (Phi) is 3.31. The summed E-state index contributed by atoms with van der Waals surface area (Å²) in [6.07, 6.45) is 2.84. The van der Waals surface area contributed by atoms with Crippen molar-refractivity contribution in [3.63, 3.8) is 0 Å². The van der Waals surface area contributed by atoms with E-state index in [2.05, 4.69) is 15.5 Å². The number of rotatable bonds is 4. The Morgan fingerprint density at radius 3 is 3.05 bits per heavy atom. The lowest BCUT2D eigenvalue weighted by Gasteiger charge is -2.43. The Balaban J connectivity index is 1.85. The summed E-state index contributed by atoms with van der Waals surface area (Å²) in [5, 5.41) is 12.7. The van der Waals surface area contributed by atoms with Gasteiger partial charge in [0.15, 0.2) is 0 Å². The highest BCUT2D eigenvalue weighted by Crippen LogP contribution is 2.28. The second-order valence-electron chi connectivity index (χ2n) is 4.84. The number of anilines is 1. The van der Waals surface area contributed by atoms with Gasteiger partial charge in [-0.15, -0.1) is 0 Å². The lowest BCUT2D eigenvalue weighted by Crippen LogP contribution is -2.60. The van der Waals surface area contributed by atoms with E-state index in [1.165, 1.54) is 0 Å². The zero-order chi connectivity index (χ0) is 13.2. The Bertz CT molecular complexity index is 567. The molecule has 1 aliphatic carbocycles. The Labute approximate surface area is 112 Å². The molecule has 0 bridgehead atoms. The van der Waals surface area contributed by atoms with Crippen LogP contribution >= 0.6 is 0 Å². The van der Waals surface area contributed by atoms with Crippen LogP contribution in [0.5, 0.6) is 0 Å². The maximum absolute atomic E-state index is 6.06. The molecule has 3 N–H and O–H groups in total. The average molecular weight is 258 g/mol. The van der Waals surface area contributed by atoms with Crippen LogP contribution in [0.25, 0.3) is 10.9 Å². The standard InChI is InChI=1S/C14H18N4O/c1-2-19-13-7-10(15)14(13)17-12-8-16-18-11-6-4-3-5-9(11)12/h3-6,8,10,13-14H,2,7,15H2,1H3,(H,17,18). The van der Waals surface area contributed by atoms with Gasteiger partial charge in [-0.2, -0.15) is 10.2 Å². The first-order chi connectivity index (χ1) is 9.29. The summed E-state index contributed by atoms with van der Waals surface area (Å²) in [7, 11) is 0. The monoisotopic (exact) mass is 258 g/mol. The molecular formula is C14H18N4O. The van der Waals surface area contributed by atoms with Gasteiger partial charge in [-0.05, 0) is 19.4 Å². The number of fused-ring (bicyclic) bond motifs is 1. The van der Waals surface area contributed by atoms with E-state index >= 15 is 0 Å². The van der Waals surface area contributed by atoms with Crippen LogP contribution in [-0.2, 0) is 4.74 Å². The molecule has 5 nitrogen and oxygen atoms in total. The fraction of sp³-hybridized carbons (Fsp3) is 0.429. The topological polar surface area (TPSA) is 73.1 Å². The SMILES string of the molecule is CCOC1CC(N)C1Nc1cnnc2ccccc12. The first-order valence-corrected chi connectivity index (χ1v) is 6.63. The average Bonchev–Trinajstić information content (AvgIpc) is 2.44. The van der Waals surface area contributed by atoms with E-state index < -0.39 is 0 Å². The summed E-state index contributed by atoms with van der Waals surface area (Å²) in [6.45, 7) is 2.72. The summed E-state index contributed by atoms with van der Waals surface area (Å²) < 4.78 is 5.67. The third-order valence-electron chi connectivity index (χ3n) is 3.62. The molecule has 1 saturated carbocycles. The Hall–Kier alpha value is -1.72. The van der Waals surface area contributed by atoms with Gasteiger partial charge in [0.25, 0.3) is 0 Å². The molecule has 0 saturated heterocycles. The van der Waals surface area contributed by atoms with Crippen LogP contribution in [0, 0.1) is 0 Å². The minimum atomic E-state index is 0.128. The zero-order valence-electron chi connectivity index (χ0n) is 10.9. The summed E-state index contributed by atoms with van der Waals surface area (Å²) in [5.74, 6) is 0. The molecule has 2 aromatic rings. The number of benzene rings is 1. The van der Waals surface area contributed by atoms with Gasteiger partial charge in [-0.25, -0.2) is 0 Å². The van der Waals surface area contributed by atoms with Gasteiger partial charge < -0.3 is 15.8 Å². The van der Waals surface area contributed by atoms with E-state index in [1.54, 1.807) is 6.20 Å². The summed E-state index contributed by atoms with van der Waals surface area (Å²) in [6, 6.07) is 8.21. The fourth-order valence-electron chi connectivity index (χ4n) is 2.53. The normalized spacial score (nSPS) is 26.1. The molecule has 1 fully saturated rings. The van der Waals surface area contributed by atoms with Gasteiger partial charge >= 0.3 is 0 Å². The minimum absolute atomic E-state index is 0.128. The summed E-state index contributed by atoms with van der Waals surface area (Å²) in [5.41, 5.74) is 7.91. The first-order valence-electron chi connectivity index (χ1n) is 6.63. The third kappa shape index (κ3) is 2.27. The maximum Gasteiger partial charge on any atom is 0.0950 e. The quantitative estimate of drug-likeness (QED) is 0.870. The molecule has 1 heterocycles. The molecule has 0 aliphatic heterocycles. The summed E-state index contributed by atoms with van der Waals surface area (Å²) in [4.78, 5) is 0. The van der Waals surface area contributed by atoms with E-state index in [4.69, 9.17) is 10.5 Å². The molecule has 100 valence electrons. The van der Waals surface area contributed by atoms with Crippen molar-refractivity contribution in [2.75, 3.05) is 11.9 Å². The lowest BCUT2D eigenvalue weighted by molar-refractivity contribution is -0.0125. The van der Waals surface area contributed by atoms with Crippen molar-refractivity contribution in [3.8, 4) is 0 Å². The van der Waals surface area contributed by atoms with Crippen molar-refractivity contribution in [1.82, 2.24) is 10.2 Å². The van der Waals surface area contributed by atoms with E-state index in [0.717, 1.165) is 23.0 Å². The second-order valence-corrected chi connectivity index (χ2v) is 4.84. The predicted octanol–water partition coefficient (Wildman–Crippen LogP) is 1.55. The van der Waals surface area contributed by atoms with Crippen LogP contribution in [0.3, 0.4) is 0 Å². The number of hydrogen-bond acceptors (Lipinski definition) is 5. The molecule has 0 spiro atoms.